The Labute approximate surface area is 171 Å². The van der Waals surface area contributed by atoms with E-state index in [4.69, 9.17) is 23.2 Å². The second-order valence-corrected chi connectivity index (χ2v) is 8.17. The van der Waals surface area contributed by atoms with Crippen molar-refractivity contribution in [1.82, 2.24) is 10.2 Å². The first-order valence-electron chi connectivity index (χ1n) is 9.52. The summed E-state index contributed by atoms with van der Waals surface area (Å²) in [5, 5.41) is 4.32. The Morgan fingerprint density at radius 2 is 1.81 bits per heavy atom. The molecule has 1 N–H and O–H groups in total. The zero-order chi connectivity index (χ0) is 19.2. The standard InChI is InChI=1S/C22H26Cl2N2O/c1-16(18-5-3-2-4-6-18)14-25-22(27)19-9-11-26(12-10-19)15-17-7-8-20(23)21(24)13-17/h2-8,13,16,19H,9-12,14-15H2,1H3,(H,25,27)/t16-/m1/s1. The van der Waals surface area contributed by atoms with Gasteiger partial charge >= 0.3 is 0 Å². The Morgan fingerprint density at radius 3 is 2.48 bits per heavy atom. The maximum absolute atomic E-state index is 12.5. The Bertz CT molecular complexity index is 758. The molecule has 2 aromatic rings. The summed E-state index contributed by atoms with van der Waals surface area (Å²) in [6.45, 7) is 5.53. The van der Waals surface area contributed by atoms with Crippen molar-refractivity contribution in [3.05, 3.63) is 69.7 Å². The number of piperidine rings is 1. The van der Waals surface area contributed by atoms with Crippen LogP contribution in [0.4, 0.5) is 0 Å². The second-order valence-electron chi connectivity index (χ2n) is 7.36. The van der Waals surface area contributed by atoms with Crippen molar-refractivity contribution in [2.45, 2.75) is 32.2 Å². The number of nitrogens with zero attached hydrogens (tertiary/aromatic N) is 1. The predicted octanol–water partition coefficient (Wildman–Crippen LogP) is 5.13. The fraction of sp³-hybridized carbons (Fsp3) is 0.409. The Hall–Kier alpha value is -1.55. The molecule has 0 unspecified atom stereocenters. The highest BCUT2D eigenvalue weighted by Crippen LogP contribution is 2.25. The number of hydrogen-bond donors (Lipinski definition) is 1. The topological polar surface area (TPSA) is 32.3 Å². The third kappa shape index (κ3) is 5.71. The molecule has 27 heavy (non-hydrogen) atoms. The normalized spacial score (nSPS) is 16.9. The highest BCUT2D eigenvalue weighted by Gasteiger charge is 2.25. The minimum Gasteiger partial charge on any atom is -0.355 e. The maximum atomic E-state index is 12.5. The number of halogens is 2. The molecule has 1 amide bonds. The van der Waals surface area contributed by atoms with Crippen molar-refractivity contribution in [1.29, 1.82) is 0 Å². The van der Waals surface area contributed by atoms with E-state index in [2.05, 4.69) is 29.3 Å². The number of rotatable bonds is 6. The number of carbonyl (C=O) groups excluding carboxylic acids is 1. The lowest BCUT2D eigenvalue weighted by Crippen LogP contribution is -2.41. The summed E-state index contributed by atoms with van der Waals surface area (Å²) < 4.78 is 0. The lowest BCUT2D eigenvalue weighted by molar-refractivity contribution is -0.126. The van der Waals surface area contributed by atoms with Crippen molar-refractivity contribution < 1.29 is 4.79 Å². The van der Waals surface area contributed by atoms with Crippen LogP contribution in [0.5, 0.6) is 0 Å². The molecule has 0 spiro atoms. The van der Waals surface area contributed by atoms with Gasteiger partial charge in [-0.1, -0.05) is 66.5 Å². The first-order valence-corrected chi connectivity index (χ1v) is 10.3. The van der Waals surface area contributed by atoms with Gasteiger partial charge in [-0.15, -0.1) is 0 Å². The van der Waals surface area contributed by atoms with Crippen LogP contribution >= 0.6 is 23.2 Å². The van der Waals surface area contributed by atoms with Crippen LogP contribution in [0.2, 0.25) is 10.0 Å². The molecule has 1 saturated heterocycles. The molecule has 0 aromatic heterocycles. The lowest BCUT2D eigenvalue weighted by Gasteiger charge is -2.31. The summed E-state index contributed by atoms with van der Waals surface area (Å²) in [5.74, 6) is 0.620. The van der Waals surface area contributed by atoms with E-state index >= 15 is 0 Å². The van der Waals surface area contributed by atoms with Gasteiger partial charge in [-0.05, 0) is 55.1 Å². The highest BCUT2D eigenvalue weighted by atomic mass is 35.5. The van der Waals surface area contributed by atoms with Crippen LogP contribution in [0, 0.1) is 5.92 Å². The largest absolute Gasteiger partial charge is 0.355 e. The molecule has 1 fully saturated rings. The number of hydrogen-bond acceptors (Lipinski definition) is 2. The van der Waals surface area contributed by atoms with Crippen molar-refractivity contribution in [2.75, 3.05) is 19.6 Å². The molecule has 144 valence electrons. The van der Waals surface area contributed by atoms with Crippen LogP contribution in [0.25, 0.3) is 0 Å². The summed E-state index contributed by atoms with van der Waals surface area (Å²) in [6, 6.07) is 16.1. The van der Waals surface area contributed by atoms with Gasteiger partial charge in [0, 0.05) is 19.0 Å². The third-order valence-electron chi connectivity index (χ3n) is 5.30. The fourth-order valence-corrected chi connectivity index (χ4v) is 3.87. The maximum Gasteiger partial charge on any atom is 0.223 e. The molecular formula is C22H26Cl2N2O. The van der Waals surface area contributed by atoms with Crippen LogP contribution in [0.3, 0.4) is 0 Å². The number of likely N-dealkylation sites (tertiary alicyclic amines) is 1. The van der Waals surface area contributed by atoms with Crippen LogP contribution in [0.15, 0.2) is 48.5 Å². The zero-order valence-corrected chi connectivity index (χ0v) is 17.1. The Balaban J connectivity index is 1.43. The van der Waals surface area contributed by atoms with Gasteiger partial charge < -0.3 is 5.32 Å². The molecule has 1 heterocycles. The molecule has 0 bridgehead atoms. The van der Waals surface area contributed by atoms with Crippen LogP contribution in [0.1, 0.15) is 36.8 Å². The van der Waals surface area contributed by atoms with Gasteiger partial charge in [-0.2, -0.15) is 0 Å². The molecule has 0 radical (unpaired) electrons. The van der Waals surface area contributed by atoms with Gasteiger partial charge in [0.05, 0.1) is 10.0 Å². The van der Waals surface area contributed by atoms with E-state index in [-0.39, 0.29) is 11.8 Å². The number of nitrogens with one attached hydrogen (secondary N) is 1. The highest BCUT2D eigenvalue weighted by molar-refractivity contribution is 6.42. The minimum atomic E-state index is 0.109. The van der Waals surface area contributed by atoms with Gasteiger partial charge in [-0.3, -0.25) is 9.69 Å². The molecule has 0 saturated carbocycles. The smallest absolute Gasteiger partial charge is 0.223 e. The molecule has 3 rings (SSSR count). The SMILES string of the molecule is C[C@H](CNC(=O)C1CCN(Cc2ccc(Cl)c(Cl)c2)CC1)c1ccccc1. The van der Waals surface area contributed by atoms with Crippen LogP contribution in [-0.4, -0.2) is 30.4 Å². The second kappa shape index (κ2) is 9.59. The average Bonchev–Trinajstić information content (AvgIpc) is 2.70. The first kappa shape index (κ1) is 20.2. The molecule has 1 aliphatic rings. The molecular weight excluding hydrogens is 379 g/mol. The summed E-state index contributed by atoms with van der Waals surface area (Å²) in [6.07, 6.45) is 1.79. The van der Waals surface area contributed by atoms with Gasteiger partial charge in [-0.25, -0.2) is 0 Å². The van der Waals surface area contributed by atoms with E-state index in [9.17, 15) is 4.79 Å². The first-order chi connectivity index (χ1) is 13.0. The third-order valence-corrected chi connectivity index (χ3v) is 6.04. The van der Waals surface area contributed by atoms with Crippen molar-refractivity contribution in [3.8, 4) is 0 Å². The molecule has 3 nitrogen and oxygen atoms in total. The van der Waals surface area contributed by atoms with E-state index in [0.717, 1.165) is 38.0 Å². The minimum absolute atomic E-state index is 0.109. The van der Waals surface area contributed by atoms with Crippen molar-refractivity contribution >= 4 is 29.1 Å². The summed E-state index contributed by atoms with van der Waals surface area (Å²) in [7, 11) is 0. The van der Waals surface area contributed by atoms with E-state index in [1.165, 1.54) is 5.56 Å². The van der Waals surface area contributed by atoms with E-state index < -0.39 is 0 Å². The van der Waals surface area contributed by atoms with Crippen LogP contribution in [-0.2, 0) is 11.3 Å². The predicted molar refractivity (Wildman–Crippen MR) is 112 cm³/mol. The molecule has 1 atom stereocenters. The number of carbonyl (C=O) groups is 1. The van der Waals surface area contributed by atoms with Gasteiger partial charge in [0.1, 0.15) is 0 Å². The lowest BCUT2D eigenvalue weighted by atomic mass is 9.95. The number of benzene rings is 2. The molecule has 0 aliphatic carbocycles. The fourth-order valence-electron chi connectivity index (χ4n) is 3.55. The average molecular weight is 405 g/mol. The zero-order valence-electron chi connectivity index (χ0n) is 15.6. The van der Waals surface area contributed by atoms with Crippen LogP contribution < -0.4 is 5.32 Å². The summed E-state index contributed by atoms with van der Waals surface area (Å²) >= 11 is 12.1. The summed E-state index contributed by atoms with van der Waals surface area (Å²) in [4.78, 5) is 14.9. The molecule has 1 aliphatic heterocycles. The van der Waals surface area contributed by atoms with Crippen molar-refractivity contribution in [3.63, 3.8) is 0 Å². The number of amides is 1. The monoisotopic (exact) mass is 404 g/mol. The van der Waals surface area contributed by atoms with E-state index in [1.807, 2.05) is 36.4 Å². The Morgan fingerprint density at radius 1 is 1.11 bits per heavy atom. The van der Waals surface area contributed by atoms with E-state index in [0.29, 0.717) is 22.5 Å². The van der Waals surface area contributed by atoms with Gasteiger partial charge in [0.15, 0.2) is 0 Å². The van der Waals surface area contributed by atoms with Gasteiger partial charge in [0.25, 0.3) is 0 Å². The van der Waals surface area contributed by atoms with Gasteiger partial charge in [0.2, 0.25) is 5.91 Å². The van der Waals surface area contributed by atoms with Crippen molar-refractivity contribution in [2.24, 2.45) is 5.92 Å². The quantitative estimate of drug-likeness (QED) is 0.723. The molecule has 2 aromatic carbocycles. The summed E-state index contributed by atoms with van der Waals surface area (Å²) in [5.41, 5.74) is 2.42. The van der Waals surface area contributed by atoms with E-state index in [1.54, 1.807) is 0 Å². The molecule has 5 heteroatoms. The Kier molecular flexibility index (Phi) is 7.17.